The van der Waals surface area contributed by atoms with Crippen molar-refractivity contribution in [2.75, 3.05) is 26.7 Å². The van der Waals surface area contributed by atoms with E-state index in [1.54, 1.807) is 25.6 Å². The van der Waals surface area contributed by atoms with Crippen molar-refractivity contribution in [2.24, 2.45) is 5.73 Å². The number of hydrogen-bond acceptors (Lipinski definition) is 6. The molecule has 0 aliphatic carbocycles. The second-order valence-electron chi connectivity index (χ2n) is 6.07. The van der Waals surface area contributed by atoms with Crippen LogP contribution in [0.3, 0.4) is 0 Å². The number of piperidine rings is 1. The summed E-state index contributed by atoms with van der Waals surface area (Å²) < 4.78 is 11.2. The van der Waals surface area contributed by atoms with Crippen molar-refractivity contribution < 1.29 is 14.3 Å². The summed E-state index contributed by atoms with van der Waals surface area (Å²) in [6.07, 6.45) is 5.24. The van der Waals surface area contributed by atoms with E-state index in [0.717, 1.165) is 31.6 Å². The fourth-order valence-electron chi connectivity index (χ4n) is 3.11. The highest BCUT2D eigenvalue weighted by Crippen LogP contribution is 2.33. The molecule has 2 N–H and O–H groups in total. The van der Waals surface area contributed by atoms with E-state index in [-0.39, 0.29) is 18.4 Å². The van der Waals surface area contributed by atoms with Crippen LogP contribution in [-0.4, -0.2) is 47.5 Å². The van der Waals surface area contributed by atoms with Crippen LogP contribution in [0.25, 0.3) is 0 Å². The van der Waals surface area contributed by atoms with Crippen molar-refractivity contribution in [2.45, 2.75) is 18.8 Å². The van der Waals surface area contributed by atoms with Crippen LogP contribution < -0.4 is 15.2 Å². The molecular weight excluding hydrogens is 320 g/mol. The first kappa shape index (κ1) is 17.2. The summed E-state index contributed by atoms with van der Waals surface area (Å²) in [6, 6.07) is 7.37. The van der Waals surface area contributed by atoms with Crippen molar-refractivity contribution in [1.82, 2.24) is 14.9 Å². The summed E-state index contributed by atoms with van der Waals surface area (Å²) in [6.45, 7) is 1.85. The van der Waals surface area contributed by atoms with Crippen LogP contribution in [-0.2, 0) is 4.79 Å². The third-order valence-corrected chi connectivity index (χ3v) is 4.22. The van der Waals surface area contributed by atoms with E-state index in [1.807, 2.05) is 18.2 Å². The molecule has 0 bridgehead atoms. The monoisotopic (exact) mass is 342 g/mol. The molecule has 1 fully saturated rings. The van der Waals surface area contributed by atoms with E-state index >= 15 is 0 Å². The Labute approximate surface area is 146 Å². The number of methoxy groups -OCH3 is 1. The number of aromatic nitrogens is 2. The highest BCUT2D eigenvalue weighted by Gasteiger charge is 2.26. The molecule has 2 aromatic rings. The van der Waals surface area contributed by atoms with Crippen molar-refractivity contribution in [3.8, 4) is 17.4 Å². The Morgan fingerprint density at radius 2 is 2.12 bits per heavy atom. The average Bonchev–Trinajstić information content (AvgIpc) is 2.62. The lowest BCUT2D eigenvalue weighted by Crippen LogP contribution is -2.40. The first-order valence-electron chi connectivity index (χ1n) is 8.29. The maximum atomic E-state index is 11.2. The lowest BCUT2D eigenvalue weighted by Gasteiger charge is -2.31. The van der Waals surface area contributed by atoms with Crippen LogP contribution in [0.15, 0.2) is 36.7 Å². The van der Waals surface area contributed by atoms with Crippen LogP contribution in [0.5, 0.6) is 17.4 Å². The second-order valence-corrected chi connectivity index (χ2v) is 6.07. The van der Waals surface area contributed by atoms with Gasteiger partial charge in [-0.3, -0.25) is 14.7 Å². The Morgan fingerprint density at radius 1 is 1.32 bits per heavy atom. The summed E-state index contributed by atoms with van der Waals surface area (Å²) in [5, 5.41) is 0. The predicted molar refractivity (Wildman–Crippen MR) is 92.7 cm³/mol. The first-order chi connectivity index (χ1) is 12.2. The average molecular weight is 342 g/mol. The van der Waals surface area contributed by atoms with Crippen LogP contribution in [0, 0.1) is 0 Å². The van der Waals surface area contributed by atoms with E-state index < -0.39 is 0 Å². The fourth-order valence-corrected chi connectivity index (χ4v) is 3.11. The number of likely N-dealkylation sites (tertiary alicyclic amines) is 1. The smallest absolute Gasteiger partial charge is 0.241 e. The number of carbonyl (C=O) groups is 1. The van der Waals surface area contributed by atoms with Gasteiger partial charge in [-0.25, -0.2) is 4.98 Å². The van der Waals surface area contributed by atoms with Crippen LogP contribution in [0.2, 0.25) is 0 Å². The highest BCUT2D eigenvalue weighted by molar-refractivity contribution is 5.75. The Balaban J connectivity index is 1.79. The number of amides is 1. The molecule has 1 aliphatic heterocycles. The lowest BCUT2D eigenvalue weighted by molar-refractivity contribution is -0.119. The van der Waals surface area contributed by atoms with Gasteiger partial charge in [0.1, 0.15) is 17.2 Å². The minimum absolute atomic E-state index is 0.155. The minimum Gasteiger partial charge on any atom is -0.497 e. The maximum Gasteiger partial charge on any atom is 0.241 e. The molecule has 0 saturated carbocycles. The second kappa shape index (κ2) is 7.94. The van der Waals surface area contributed by atoms with Gasteiger partial charge in [-0.15, -0.1) is 0 Å². The van der Waals surface area contributed by atoms with E-state index in [0.29, 0.717) is 17.4 Å². The van der Waals surface area contributed by atoms with Crippen molar-refractivity contribution in [3.63, 3.8) is 0 Å². The summed E-state index contributed by atoms with van der Waals surface area (Å²) in [7, 11) is 1.61. The zero-order valence-electron chi connectivity index (χ0n) is 14.2. The number of nitrogens with zero attached hydrogens (tertiary/aromatic N) is 3. The molecule has 1 aromatic carbocycles. The molecule has 1 amide bonds. The molecule has 1 aliphatic rings. The molecule has 1 atom stereocenters. The van der Waals surface area contributed by atoms with Gasteiger partial charge >= 0.3 is 0 Å². The van der Waals surface area contributed by atoms with Crippen molar-refractivity contribution in [1.29, 1.82) is 0 Å². The van der Waals surface area contributed by atoms with Gasteiger partial charge in [-0.2, -0.15) is 0 Å². The van der Waals surface area contributed by atoms with Crippen molar-refractivity contribution in [3.05, 3.63) is 42.4 Å². The zero-order valence-corrected chi connectivity index (χ0v) is 14.2. The number of hydrogen-bond donors (Lipinski definition) is 1. The molecular formula is C18H22N4O3. The third kappa shape index (κ3) is 4.45. The third-order valence-electron chi connectivity index (χ3n) is 4.22. The maximum absolute atomic E-state index is 11.2. The highest BCUT2D eigenvalue weighted by atomic mass is 16.5. The van der Waals surface area contributed by atoms with Gasteiger partial charge in [0.05, 0.1) is 13.7 Å². The minimum atomic E-state index is -0.312. The van der Waals surface area contributed by atoms with E-state index in [9.17, 15) is 4.79 Å². The van der Waals surface area contributed by atoms with Crippen LogP contribution in [0.1, 0.15) is 24.5 Å². The quantitative estimate of drug-likeness (QED) is 0.863. The Kier molecular flexibility index (Phi) is 5.45. The summed E-state index contributed by atoms with van der Waals surface area (Å²) in [5.74, 6) is 1.69. The number of rotatable bonds is 6. The van der Waals surface area contributed by atoms with Gasteiger partial charge in [0.25, 0.3) is 0 Å². The van der Waals surface area contributed by atoms with E-state index in [4.69, 9.17) is 15.2 Å². The predicted octanol–water partition coefficient (Wildman–Crippen LogP) is 1.94. The molecule has 0 spiro atoms. The van der Waals surface area contributed by atoms with E-state index in [1.165, 1.54) is 0 Å². The van der Waals surface area contributed by atoms with Crippen molar-refractivity contribution >= 4 is 5.91 Å². The zero-order chi connectivity index (χ0) is 17.6. The number of benzene rings is 1. The van der Waals surface area contributed by atoms with Gasteiger partial charge in [-0.1, -0.05) is 6.07 Å². The SMILES string of the molecule is COc1cccc(Oc2nccnc2C2CCCN(CC(N)=O)C2)c1. The molecule has 132 valence electrons. The standard InChI is InChI=1S/C18H22N4O3/c1-24-14-5-2-6-15(10-14)25-18-17(20-7-8-21-18)13-4-3-9-22(11-13)12-16(19)23/h2,5-8,10,13H,3-4,9,11-12H2,1H3,(H2,19,23). The normalized spacial score (nSPS) is 17.9. The first-order valence-corrected chi connectivity index (χ1v) is 8.29. The number of ether oxygens (including phenoxy) is 2. The molecule has 3 rings (SSSR count). The topological polar surface area (TPSA) is 90.6 Å². The molecule has 1 saturated heterocycles. The molecule has 25 heavy (non-hydrogen) atoms. The Bertz CT molecular complexity index is 738. The molecule has 0 radical (unpaired) electrons. The molecule has 1 unspecified atom stereocenters. The Morgan fingerprint density at radius 3 is 2.92 bits per heavy atom. The molecule has 7 nitrogen and oxygen atoms in total. The summed E-state index contributed by atoms with van der Waals surface area (Å²) in [5.41, 5.74) is 6.13. The lowest BCUT2D eigenvalue weighted by atomic mass is 9.94. The Hall–Kier alpha value is -2.67. The van der Waals surface area contributed by atoms with Gasteiger partial charge in [0, 0.05) is 30.9 Å². The fraction of sp³-hybridized carbons (Fsp3) is 0.389. The van der Waals surface area contributed by atoms with E-state index in [2.05, 4.69) is 14.9 Å². The van der Waals surface area contributed by atoms with Crippen LogP contribution >= 0.6 is 0 Å². The largest absolute Gasteiger partial charge is 0.497 e. The molecule has 1 aromatic heterocycles. The van der Waals surface area contributed by atoms with Gasteiger partial charge in [-0.05, 0) is 31.5 Å². The number of nitrogens with two attached hydrogens (primary N) is 1. The summed E-state index contributed by atoms with van der Waals surface area (Å²) in [4.78, 5) is 22.1. The van der Waals surface area contributed by atoms with Crippen LogP contribution in [0.4, 0.5) is 0 Å². The number of carbonyl (C=O) groups excluding carboxylic acids is 1. The molecule has 2 heterocycles. The molecule has 7 heteroatoms. The number of primary amides is 1. The van der Waals surface area contributed by atoms with Gasteiger partial charge < -0.3 is 15.2 Å². The summed E-state index contributed by atoms with van der Waals surface area (Å²) >= 11 is 0. The van der Waals surface area contributed by atoms with Gasteiger partial charge in [0.15, 0.2) is 0 Å². The van der Waals surface area contributed by atoms with Gasteiger partial charge in [0.2, 0.25) is 11.8 Å².